The molecular formula is C15H46O4Si6. The standard InChI is InChI=1S/C8H24O2Si3.C7H22O2Si3/c1-8-11(9-12(2,3)4)10-13(5,6)7;1-10(8-11(2,3)4)9-12(5,6)7/h11H,8H2,1-7H3;10H,1-7H3. The summed E-state index contributed by atoms with van der Waals surface area (Å²) in [6, 6.07) is 1.09. The lowest BCUT2D eigenvalue weighted by Gasteiger charge is -2.29. The van der Waals surface area contributed by atoms with Crippen molar-refractivity contribution in [3.8, 4) is 0 Å². The zero-order valence-electron chi connectivity index (χ0n) is 19.5. The number of hydrogen-bond donors (Lipinski definition) is 0. The average Bonchev–Trinajstić information content (AvgIpc) is 2.18. The molecule has 4 nitrogen and oxygen atoms in total. The van der Waals surface area contributed by atoms with E-state index in [0.29, 0.717) is 0 Å². The van der Waals surface area contributed by atoms with Gasteiger partial charge in [0.05, 0.1) is 0 Å². The number of rotatable bonds is 9. The van der Waals surface area contributed by atoms with Crippen molar-refractivity contribution < 1.29 is 16.5 Å². The van der Waals surface area contributed by atoms with Gasteiger partial charge in [-0.1, -0.05) is 6.92 Å². The first kappa shape index (κ1) is 28.4. The highest BCUT2D eigenvalue weighted by Crippen LogP contribution is 2.14. The number of hydrogen-bond acceptors (Lipinski definition) is 4. The van der Waals surface area contributed by atoms with E-state index in [1.807, 2.05) is 0 Å². The van der Waals surface area contributed by atoms with Crippen LogP contribution in [0.4, 0.5) is 0 Å². The molecule has 0 unspecified atom stereocenters. The molecule has 0 heterocycles. The molecule has 0 rings (SSSR count). The molecule has 154 valence electrons. The minimum Gasteiger partial charge on any atom is -0.439 e. The minimum absolute atomic E-state index is 1.09. The van der Waals surface area contributed by atoms with Crippen LogP contribution in [0.2, 0.25) is 91.2 Å². The summed E-state index contributed by atoms with van der Waals surface area (Å²) >= 11 is 0. The Morgan fingerprint density at radius 2 is 0.760 bits per heavy atom. The average molecular weight is 459 g/mol. The van der Waals surface area contributed by atoms with E-state index >= 15 is 0 Å². The van der Waals surface area contributed by atoms with Crippen molar-refractivity contribution in [2.24, 2.45) is 0 Å². The molecule has 0 N–H and O–H groups in total. The molecule has 0 radical (unpaired) electrons. The molecule has 25 heavy (non-hydrogen) atoms. The quantitative estimate of drug-likeness (QED) is 0.429. The smallest absolute Gasteiger partial charge is 0.300 e. The molecule has 0 fully saturated rings. The van der Waals surface area contributed by atoms with Crippen LogP contribution in [0.5, 0.6) is 0 Å². The van der Waals surface area contributed by atoms with Gasteiger partial charge in [0.2, 0.25) is 0 Å². The predicted molar refractivity (Wildman–Crippen MR) is 128 cm³/mol. The Kier molecular flexibility index (Phi) is 12.7. The van der Waals surface area contributed by atoms with Gasteiger partial charge >= 0.3 is 9.28 Å². The zero-order chi connectivity index (χ0) is 20.7. The van der Waals surface area contributed by atoms with Crippen LogP contribution in [-0.2, 0) is 16.5 Å². The lowest BCUT2D eigenvalue weighted by molar-refractivity contribution is 0.419. The molecule has 0 aromatic carbocycles. The summed E-state index contributed by atoms with van der Waals surface area (Å²) in [4.78, 5) is 0. The van der Waals surface area contributed by atoms with E-state index in [-0.39, 0.29) is 0 Å². The topological polar surface area (TPSA) is 36.9 Å². The second-order valence-electron chi connectivity index (χ2n) is 10.3. The summed E-state index contributed by atoms with van der Waals surface area (Å²) in [6.07, 6.45) is 0. The van der Waals surface area contributed by atoms with Gasteiger partial charge in [-0.15, -0.1) is 0 Å². The largest absolute Gasteiger partial charge is 0.439 e. The van der Waals surface area contributed by atoms with Crippen LogP contribution < -0.4 is 0 Å². The van der Waals surface area contributed by atoms with E-state index in [1.165, 1.54) is 0 Å². The van der Waals surface area contributed by atoms with Crippen LogP contribution >= 0.6 is 0 Å². The van der Waals surface area contributed by atoms with Crippen molar-refractivity contribution in [3.05, 3.63) is 0 Å². The highest BCUT2D eigenvalue weighted by molar-refractivity contribution is 6.81. The molecule has 0 aromatic rings. The monoisotopic (exact) mass is 458 g/mol. The maximum absolute atomic E-state index is 6.05. The molecule has 0 bridgehead atoms. The molecule has 0 spiro atoms. The first-order valence-electron chi connectivity index (χ1n) is 9.45. The van der Waals surface area contributed by atoms with Crippen LogP contribution in [0.25, 0.3) is 0 Å². The van der Waals surface area contributed by atoms with E-state index in [0.717, 1.165) is 6.04 Å². The Labute approximate surface area is 166 Å². The molecule has 0 aromatic heterocycles. The Hall–Kier alpha value is 1.14. The van der Waals surface area contributed by atoms with Gasteiger partial charge in [0.25, 0.3) is 9.28 Å². The Morgan fingerprint density at radius 1 is 0.520 bits per heavy atom. The molecule has 0 aliphatic rings. The van der Waals surface area contributed by atoms with Crippen LogP contribution in [0.3, 0.4) is 0 Å². The van der Waals surface area contributed by atoms with Gasteiger partial charge in [-0.05, 0) is 91.2 Å². The summed E-state index contributed by atoms with van der Waals surface area (Å²) in [6.45, 7) is 31.0. The minimum atomic E-state index is -1.38. The normalized spacial score (nSPS) is 13.9. The Morgan fingerprint density at radius 3 is 0.920 bits per heavy atom. The molecule has 0 aliphatic heterocycles. The summed E-state index contributed by atoms with van der Waals surface area (Å²) in [7, 11) is -8.15. The summed E-state index contributed by atoms with van der Waals surface area (Å²) < 4.78 is 23.9. The van der Waals surface area contributed by atoms with Crippen LogP contribution in [0, 0.1) is 0 Å². The second kappa shape index (κ2) is 11.2. The molecule has 0 atom stereocenters. The first-order chi connectivity index (χ1) is 10.7. The molecule has 0 saturated heterocycles. The fraction of sp³-hybridized carbons (Fsp3) is 1.00. The van der Waals surface area contributed by atoms with Gasteiger partial charge in [-0.3, -0.25) is 0 Å². The molecule has 0 amide bonds. The van der Waals surface area contributed by atoms with E-state index in [9.17, 15) is 0 Å². The third-order valence-electron chi connectivity index (χ3n) is 2.34. The molecule has 10 heteroatoms. The Balaban J connectivity index is 0. The van der Waals surface area contributed by atoms with Crippen molar-refractivity contribution in [1.82, 2.24) is 0 Å². The maximum atomic E-state index is 6.05. The lowest BCUT2D eigenvalue weighted by Crippen LogP contribution is -2.42. The fourth-order valence-electron chi connectivity index (χ4n) is 2.00. The third-order valence-corrected chi connectivity index (χ3v) is 19.1. The van der Waals surface area contributed by atoms with Crippen molar-refractivity contribution >= 4 is 51.8 Å². The van der Waals surface area contributed by atoms with Crippen molar-refractivity contribution in [2.75, 3.05) is 0 Å². The fourth-order valence-corrected chi connectivity index (χ4v) is 18.9. The lowest BCUT2D eigenvalue weighted by atomic mass is 11.0. The summed E-state index contributed by atoms with van der Waals surface area (Å²) in [5, 5.41) is 0. The van der Waals surface area contributed by atoms with Gasteiger partial charge in [0.1, 0.15) is 0 Å². The van der Waals surface area contributed by atoms with E-state index in [2.05, 4.69) is 92.0 Å². The van der Waals surface area contributed by atoms with Gasteiger partial charge in [0, 0.05) is 0 Å². The van der Waals surface area contributed by atoms with Crippen LogP contribution in [0.1, 0.15) is 6.92 Å². The maximum Gasteiger partial charge on any atom is 0.300 e. The van der Waals surface area contributed by atoms with Crippen molar-refractivity contribution in [2.45, 2.75) is 98.1 Å². The van der Waals surface area contributed by atoms with Gasteiger partial charge < -0.3 is 16.5 Å². The summed E-state index contributed by atoms with van der Waals surface area (Å²) in [5.74, 6) is 0. The second-order valence-corrected chi connectivity index (χ2v) is 33.8. The summed E-state index contributed by atoms with van der Waals surface area (Å²) in [5.41, 5.74) is 0. The van der Waals surface area contributed by atoms with E-state index in [4.69, 9.17) is 16.5 Å². The zero-order valence-corrected chi connectivity index (χ0v) is 25.8. The first-order valence-corrected chi connectivity index (χ1v) is 26.9. The highest BCUT2D eigenvalue weighted by atomic mass is 28.5. The van der Waals surface area contributed by atoms with Gasteiger partial charge in [0.15, 0.2) is 33.3 Å². The SMILES string of the molecule is CC[SiH](O[Si](C)(C)C)O[Si](C)(C)C.C[SiH](O[Si](C)(C)C)O[Si](C)(C)C. The van der Waals surface area contributed by atoms with Gasteiger partial charge in [-0.25, -0.2) is 0 Å². The molecule has 0 aliphatic carbocycles. The van der Waals surface area contributed by atoms with Gasteiger partial charge in [-0.2, -0.15) is 0 Å². The van der Waals surface area contributed by atoms with Crippen molar-refractivity contribution in [1.29, 1.82) is 0 Å². The van der Waals surface area contributed by atoms with E-state index < -0.39 is 51.8 Å². The molecular weight excluding hydrogens is 413 g/mol. The molecule has 0 saturated carbocycles. The third kappa shape index (κ3) is 25.1. The van der Waals surface area contributed by atoms with E-state index in [1.54, 1.807) is 0 Å². The van der Waals surface area contributed by atoms with Crippen LogP contribution in [-0.4, -0.2) is 51.8 Å². The highest BCUT2D eigenvalue weighted by Gasteiger charge is 2.27. The Bertz CT molecular complexity index is 323. The predicted octanol–water partition coefficient (Wildman–Crippen LogP) is 5.47. The van der Waals surface area contributed by atoms with Crippen molar-refractivity contribution in [3.63, 3.8) is 0 Å². The van der Waals surface area contributed by atoms with Crippen LogP contribution in [0.15, 0.2) is 0 Å².